The molecule has 2 aliphatic heterocycles. The molecule has 1 aromatic heterocycles. The average Bonchev–Trinajstić information content (AvgIpc) is 3.25. The van der Waals surface area contributed by atoms with E-state index < -0.39 is 31.0 Å². The number of phenolic OH excluding ortho intramolecular Hbond substituents is 1. The number of phenols is 1. The number of rotatable bonds is 12. The van der Waals surface area contributed by atoms with Crippen LogP contribution in [0.5, 0.6) is 5.75 Å². The van der Waals surface area contributed by atoms with Gasteiger partial charge in [-0.2, -0.15) is 0 Å². The Balaban J connectivity index is 1.38. The monoisotopic (exact) mass is 614 g/mol. The molecule has 0 spiro atoms. The molecule has 4 atom stereocenters. The molecule has 9 nitrogen and oxygen atoms in total. The molecule has 2 aromatic rings. The van der Waals surface area contributed by atoms with E-state index in [4.69, 9.17) is 9.76 Å². The summed E-state index contributed by atoms with van der Waals surface area (Å²) < 4.78 is 6.19. The van der Waals surface area contributed by atoms with Gasteiger partial charge in [0.05, 0.1) is 23.6 Å². The van der Waals surface area contributed by atoms with Crippen LogP contribution >= 0.6 is 0 Å². The number of hydrogen-bond donors (Lipinski definition) is 3. The number of aliphatic carboxylic acids is 1. The first kappa shape index (κ1) is 32.6. The second kappa shape index (κ2) is 14.1. The standard InChI is InChI=1S/C35H43BN2O7/c1-4-24-19-26-32(35(43)38(34(26)42)15-9-5-6-11-30(39)40)27-20-36(44)45-29(31(24)27)13-12-25(28-10-7-8-14-37-28)18-23-16-21(2)33(41)22(3)17-23/h7-8,10,14,16-18,26-27,29,32,41,44H,4-6,9,11-13,15,19-20H2,1-3H3,(H,39,40)/b25-18-/t26-,27+,29-,32-/m1/s1. The quantitative estimate of drug-likeness (QED) is 0.122. The van der Waals surface area contributed by atoms with Gasteiger partial charge >= 0.3 is 13.1 Å². The molecule has 0 radical (unpaired) electrons. The molecule has 0 bridgehead atoms. The van der Waals surface area contributed by atoms with E-state index in [1.165, 1.54) is 4.90 Å². The van der Waals surface area contributed by atoms with Crippen LogP contribution in [0.2, 0.25) is 6.32 Å². The van der Waals surface area contributed by atoms with Gasteiger partial charge in [-0.15, -0.1) is 0 Å². The fraction of sp³-hybridized carbons (Fsp3) is 0.486. The van der Waals surface area contributed by atoms with Crippen LogP contribution in [-0.2, 0) is 19.0 Å². The number of nitrogens with zero attached hydrogens (tertiary/aromatic N) is 2. The van der Waals surface area contributed by atoms with Crippen molar-refractivity contribution in [3.05, 3.63) is 70.1 Å². The van der Waals surface area contributed by atoms with Crippen molar-refractivity contribution in [1.29, 1.82) is 0 Å². The predicted octanol–water partition coefficient (Wildman–Crippen LogP) is 5.58. The van der Waals surface area contributed by atoms with Crippen LogP contribution in [0, 0.1) is 31.6 Å². The molecule has 3 aliphatic rings. The Labute approximate surface area is 265 Å². The number of likely N-dealkylation sites (tertiary alicyclic amines) is 1. The number of carboxylic acid groups (broad SMARTS) is 1. The number of carbonyl (C=O) groups is 3. The number of unbranched alkanes of at least 4 members (excludes halogenated alkanes) is 2. The SMILES string of the molecule is CCC1=C2[C@@H](CC/C(=C/c3cc(C)c(O)c(C)c3)c3ccccn3)OB(O)C[C@@H]2[C@@H]2C(=O)N(CCCCCC(=O)O)C(=O)[C@@H]2C1. The maximum absolute atomic E-state index is 13.7. The Morgan fingerprint density at radius 2 is 1.84 bits per heavy atom. The number of carboxylic acids is 1. The molecule has 2 amide bonds. The molecular weight excluding hydrogens is 571 g/mol. The third-order valence-corrected chi connectivity index (χ3v) is 9.62. The van der Waals surface area contributed by atoms with Gasteiger partial charge in [0.2, 0.25) is 11.8 Å². The molecular formula is C35H43BN2O7. The van der Waals surface area contributed by atoms with Crippen LogP contribution < -0.4 is 0 Å². The molecule has 2 saturated heterocycles. The number of fused-ring (bicyclic) bond motifs is 3. The molecule has 3 N–H and O–H groups in total. The molecule has 1 aliphatic carbocycles. The number of aromatic nitrogens is 1. The number of pyridine rings is 1. The molecule has 45 heavy (non-hydrogen) atoms. The second-order valence-corrected chi connectivity index (χ2v) is 12.6. The van der Waals surface area contributed by atoms with Gasteiger partial charge in [0, 0.05) is 19.2 Å². The number of allylic oxidation sites excluding steroid dienone is 2. The maximum atomic E-state index is 13.7. The highest BCUT2D eigenvalue weighted by molar-refractivity contribution is 6.43. The number of hydrogen-bond acceptors (Lipinski definition) is 7. The van der Waals surface area contributed by atoms with E-state index >= 15 is 0 Å². The lowest BCUT2D eigenvalue weighted by Crippen LogP contribution is -2.46. The van der Waals surface area contributed by atoms with Gasteiger partial charge in [-0.25, -0.2) is 0 Å². The van der Waals surface area contributed by atoms with Crippen molar-refractivity contribution < 1.29 is 34.3 Å². The normalized spacial score (nSPS) is 23.4. The van der Waals surface area contributed by atoms with E-state index in [2.05, 4.69) is 18.0 Å². The van der Waals surface area contributed by atoms with Crippen LogP contribution in [0.25, 0.3) is 11.6 Å². The lowest BCUT2D eigenvalue weighted by Gasteiger charge is -2.43. The first-order valence-corrected chi connectivity index (χ1v) is 16.1. The number of carbonyl (C=O) groups excluding carboxylic acids is 2. The van der Waals surface area contributed by atoms with Crippen LogP contribution in [-0.4, -0.2) is 62.7 Å². The first-order valence-electron chi connectivity index (χ1n) is 16.1. The predicted molar refractivity (Wildman–Crippen MR) is 172 cm³/mol. The Kier molecular flexibility index (Phi) is 10.2. The van der Waals surface area contributed by atoms with Crippen molar-refractivity contribution in [2.45, 2.75) is 84.6 Å². The van der Waals surface area contributed by atoms with E-state index in [0.29, 0.717) is 45.1 Å². The topological polar surface area (TPSA) is 137 Å². The summed E-state index contributed by atoms with van der Waals surface area (Å²) in [6.45, 7) is 6.12. The van der Waals surface area contributed by atoms with Crippen molar-refractivity contribution in [2.75, 3.05) is 6.54 Å². The van der Waals surface area contributed by atoms with E-state index in [0.717, 1.165) is 45.5 Å². The molecule has 238 valence electrons. The third-order valence-electron chi connectivity index (χ3n) is 9.62. The minimum Gasteiger partial charge on any atom is -0.507 e. The van der Waals surface area contributed by atoms with E-state index in [1.807, 2.05) is 44.2 Å². The number of amides is 2. The summed E-state index contributed by atoms with van der Waals surface area (Å²) in [7, 11) is -1.04. The maximum Gasteiger partial charge on any atom is 0.455 e. The lowest BCUT2D eigenvalue weighted by molar-refractivity contribution is -0.141. The van der Waals surface area contributed by atoms with Gasteiger partial charge in [-0.05, 0) is 123 Å². The second-order valence-electron chi connectivity index (χ2n) is 12.6. The average molecular weight is 615 g/mol. The zero-order chi connectivity index (χ0) is 32.2. The highest BCUT2D eigenvalue weighted by atomic mass is 16.5. The molecule has 0 saturated carbocycles. The van der Waals surface area contributed by atoms with Crippen LogP contribution in [0.1, 0.15) is 80.7 Å². The zero-order valence-corrected chi connectivity index (χ0v) is 26.4. The Morgan fingerprint density at radius 1 is 1.09 bits per heavy atom. The fourth-order valence-corrected chi connectivity index (χ4v) is 7.50. The summed E-state index contributed by atoms with van der Waals surface area (Å²) in [6, 6.07) is 9.67. The van der Waals surface area contributed by atoms with Gasteiger partial charge in [0.25, 0.3) is 0 Å². The molecule has 0 unspecified atom stereocenters. The molecule has 3 heterocycles. The lowest BCUT2D eigenvalue weighted by atomic mass is 9.58. The van der Waals surface area contributed by atoms with Crippen LogP contribution in [0.15, 0.2) is 47.7 Å². The summed E-state index contributed by atoms with van der Waals surface area (Å²) in [6.07, 6.45) is 7.92. The smallest absolute Gasteiger partial charge is 0.455 e. The Morgan fingerprint density at radius 3 is 2.51 bits per heavy atom. The van der Waals surface area contributed by atoms with Crippen molar-refractivity contribution in [3.8, 4) is 5.75 Å². The van der Waals surface area contributed by atoms with Crippen molar-refractivity contribution in [2.24, 2.45) is 17.8 Å². The van der Waals surface area contributed by atoms with Gasteiger partial charge in [0.15, 0.2) is 0 Å². The summed E-state index contributed by atoms with van der Waals surface area (Å²) in [5.41, 5.74) is 6.57. The van der Waals surface area contributed by atoms with Crippen LogP contribution in [0.3, 0.4) is 0 Å². The fourth-order valence-electron chi connectivity index (χ4n) is 7.50. The molecule has 1 aromatic carbocycles. The minimum absolute atomic E-state index is 0.0765. The van der Waals surface area contributed by atoms with E-state index in [-0.39, 0.29) is 36.2 Å². The van der Waals surface area contributed by atoms with E-state index in [9.17, 15) is 24.5 Å². The Hall–Kier alpha value is -3.76. The highest BCUT2D eigenvalue weighted by Gasteiger charge is 2.56. The molecule has 2 fully saturated rings. The number of aryl methyl sites for hydroxylation is 2. The van der Waals surface area contributed by atoms with Crippen molar-refractivity contribution in [3.63, 3.8) is 0 Å². The van der Waals surface area contributed by atoms with E-state index in [1.54, 1.807) is 6.20 Å². The third kappa shape index (κ3) is 7.07. The first-order chi connectivity index (χ1) is 21.6. The van der Waals surface area contributed by atoms with Gasteiger partial charge < -0.3 is 19.9 Å². The molecule has 5 rings (SSSR count). The largest absolute Gasteiger partial charge is 0.507 e. The van der Waals surface area contributed by atoms with Crippen molar-refractivity contribution in [1.82, 2.24) is 9.88 Å². The van der Waals surface area contributed by atoms with Gasteiger partial charge in [-0.1, -0.05) is 25.0 Å². The van der Waals surface area contributed by atoms with Gasteiger partial charge in [-0.3, -0.25) is 24.3 Å². The van der Waals surface area contributed by atoms with Crippen LogP contribution in [0.4, 0.5) is 0 Å². The number of imide groups is 1. The van der Waals surface area contributed by atoms with Gasteiger partial charge in [0.1, 0.15) is 5.75 Å². The number of benzene rings is 1. The summed E-state index contributed by atoms with van der Waals surface area (Å²) in [5, 5.41) is 30.1. The summed E-state index contributed by atoms with van der Waals surface area (Å²) >= 11 is 0. The molecule has 10 heteroatoms. The minimum atomic E-state index is -1.04. The van der Waals surface area contributed by atoms with Crippen molar-refractivity contribution >= 4 is 36.6 Å². The summed E-state index contributed by atoms with van der Waals surface area (Å²) in [4.78, 5) is 44.1. The zero-order valence-electron chi connectivity index (χ0n) is 26.4. The number of aromatic hydroxyl groups is 1. The Bertz CT molecular complexity index is 1480. The summed E-state index contributed by atoms with van der Waals surface area (Å²) in [5.74, 6) is -2.11. The highest BCUT2D eigenvalue weighted by Crippen LogP contribution is 2.51.